The van der Waals surface area contributed by atoms with Gasteiger partial charge in [-0.05, 0) is 38.1 Å². The van der Waals surface area contributed by atoms with E-state index in [2.05, 4.69) is 15.4 Å². The third-order valence-electron chi connectivity index (χ3n) is 3.72. The second-order valence-electron chi connectivity index (χ2n) is 5.90. The molecule has 3 N–H and O–H groups in total. The normalized spacial score (nSPS) is 13.2. The van der Waals surface area contributed by atoms with Crippen LogP contribution in [0.4, 0.5) is 29.3 Å². The van der Waals surface area contributed by atoms with Gasteiger partial charge in [0.2, 0.25) is 0 Å². The highest BCUT2D eigenvalue weighted by atomic mass is 19.4. The van der Waals surface area contributed by atoms with E-state index in [1.807, 2.05) is 0 Å². The first kappa shape index (κ1) is 21.1. The lowest BCUT2D eigenvalue weighted by Crippen LogP contribution is -2.70. The van der Waals surface area contributed by atoms with Gasteiger partial charge in [0.15, 0.2) is 0 Å². The number of alkyl halides is 3. The molecule has 0 heterocycles. The summed E-state index contributed by atoms with van der Waals surface area (Å²) in [6.07, 6.45) is -5.20. The number of nitrogens with one attached hydrogen (secondary N) is 3. The molecule has 0 spiro atoms. The molecule has 0 saturated heterocycles. The number of rotatable bonds is 6. The number of hydrogen-bond acceptors (Lipinski definition) is 4. The van der Waals surface area contributed by atoms with Crippen molar-refractivity contribution in [2.75, 3.05) is 17.2 Å². The maximum atomic E-state index is 14.0. The van der Waals surface area contributed by atoms with Crippen molar-refractivity contribution in [1.29, 1.82) is 0 Å². The van der Waals surface area contributed by atoms with Crippen LogP contribution in [0.2, 0.25) is 0 Å². The highest BCUT2D eigenvalue weighted by Gasteiger charge is 2.63. The average molecular weight is 395 g/mol. The summed E-state index contributed by atoms with van der Waals surface area (Å²) in [7, 11) is 0. The molecule has 0 saturated carbocycles. The molecule has 2 aromatic rings. The minimum Gasteiger partial charge on any atom is -0.463 e. The zero-order valence-corrected chi connectivity index (χ0v) is 15.3. The van der Waals surface area contributed by atoms with Crippen molar-refractivity contribution in [2.45, 2.75) is 25.7 Å². The average Bonchev–Trinajstić information content (AvgIpc) is 2.63. The van der Waals surface area contributed by atoms with Gasteiger partial charge >= 0.3 is 23.8 Å². The molecule has 0 aliphatic carbocycles. The standard InChI is InChI=1S/C19H20F3N3O3/c1-3-28-16(26)18(19(20,21)22,24-15-11-9-13(2)10-12-15)25-17(27)23-14-7-5-4-6-8-14/h4-12,24H,3H2,1-2H3,(H2,23,25,27)/t18-/m0/s1. The van der Waals surface area contributed by atoms with Gasteiger partial charge in [0.25, 0.3) is 0 Å². The van der Waals surface area contributed by atoms with E-state index in [0.717, 1.165) is 5.56 Å². The predicted molar refractivity (Wildman–Crippen MR) is 98.8 cm³/mol. The molecule has 9 heteroatoms. The van der Waals surface area contributed by atoms with E-state index in [1.54, 1.807) is 42.6 Å². The van der Waals surface area contributed by atoms with Gasteiger partial charge in [-0.25, -0.2) is 9.59 Å². The van der Waals surface area contributed by atoms with Crippen LogP contribution in [0.15, 0.2) is 54.6 Å². The Morgan fingerprint density at radius 2 is 1.57 bits per heavy atom. The van der Waals surface area contributed by atoms with Gasteiger partial charge in [-0.2, -0.15) is 13.2 Å². The number of ether oxygens (including phenoxy) is 1. The third-order valence-corrected chi connectivity index (χ3v) is 3.72. The first-order valence-electron chi connectivity index (χ1n) is 8.41. The fourth-order valence-corrected chi connectivity index (χ4v) is 2.34. The molecule has 0 bridgehead atoms. The number of anilines is 2. The molecule has 6 nitrogen and oxygen atoms in total. The van der Waals surface area contributed by atoms with Crippen LogP contribution >= 0.6 is 0 Å². The number of para-hydroxylation sites is 1. The summed E-state index contributed by atoms with van der Waals surface area (Å²) in [4.78, 5) is 24.6. The van der Waals surface area contributed by atoms with Gasteiger partial charge in [-0.15, -0.1) is 0 Å². The number of hydrogen-bond donors (Lipinski definition) is 3. The lowest BCUT2D eigenvalue weighted by Gasteiger charge is -2.35. The molecule has 28 heavy (non-hydrogen) atoms. The summed E-state index contributed by atoms with van der Waals surface area (Å²) in [6.45, 7) is 2.83. The Labute approximate surface area is 160 Å². The van der Waals surface area contributed by atoms with Crippen molar-refractivity contribution in [3.63, 3.8) is 0 Å². The van der Waals surface area contributed by atoms with E-state index in [4.69, 9.17) is 0 Å². The largest absolute Gasteiger partial charge is 0.463 e. The molecule has 1 atom stereocenters. The van der Waals surface area contributed by atoms with E-state index in [-0.39, 0.29) is 18.0 Å². The van der Waals surface area contributed by atoms with E-state index in [0.29, 0.717) is 0 Å². The molecule has 0 aliphatic heterocycles. The van der Waals surface area contributed by atoms with Crippen LogP contribution in [0.1, 0.15) is 12.5 Å². The quantitative estimate of drug-likeness (QED) is 0.509. The Morgan fingerprint density at radius 1 is 0.964 bits per heavy atom. The van der Waals surface area contributed by atoms with E-state index in [1.165, 1.54) is 31.2 Å². The van der Waals surface area contributed by atoms with Crippen LogP contribution in [-0.4, -0.2) is 30.4 Å². The Balaban J connectivity index is 2.38. The highest BCUT2D eigenvalue weighted by molar-refractivity contribution is 5.96. The number of carbonyl (C=O) groups excluding carboxylic acids is 2. The fourth-order valence-electron chi connectivity index (χ4n) is 2.34. The molecule has 2 aromatic carbocycles. The Hall–Kier alpha value is -3.23. The summed E-state index contributed by atoms with van der Waals surface area (Å²) >= 11 is 0. The maximum Gasteiger partial charge on any atom is 0.441 e. The fraction of sp³-hybridized carbons (Fsp3) is 0.263. The summed E-state index contributed by atoms with van der Waals surface area (Å²) in [6, 6.07) is 12.5. The molecule has 2 rings (SSSR count). The van der Waals surface area contributed by atoms with Crippen molar-refractivity contribution in [2.24, 2.45) is 0 Å². The lowest BCUT2D eigenvalue weighted by molar-refractivity contribution is -0.204. The highest BCUT2D eigenvalue weighted by Crippen LogP contribution is 2.33. The number of esters is 1. The number of urea groups is 1. The van der Waals surface area contributed by atoms with Crippen molar-refractivity contribution >= 4 is 23.4 Å². The molecular formula is C19H20F3N3O3. The van der Waals surface area contributed by atoms with Gasteiger partial charge in [0.05, 0.1) is 6.61 Å². The molecule has 0 aliphatic rings. The molecule has 2 amide bonds. The lowest BCUT2D eigenvalue weighted by atomic mass is 10.1. The Kier molecular flexibility index (Phi) is 6.50. The third kappa shape index (κ3) is 4.93. The number of benzene rings is 2. The Morgan fingerprint density at radius 3 is 2.11 bits per heavy atom. The Bertz CT molecular complexity index is 811. The summed E-state index contributed by atoms with van der Waals surface area (Å²) in [5, 5.41) is 6.06. The SMILES string of the molecule is CCOC(=O)[C@@](NC(=O)Nc1ccccc1)(Nc1ccc(C)cc1)C(F)(F)F. The number of amides is 2. The van der Waals surface area contributed by atoms with Gasteiger partial charge in [-0.1, -0.05) is 35.9 Å². The first-order valence-corrected chi connectivity index (χ1v) is 8.41. The number of halogens is 3. The van der Waals surface area contributed by atoms with E-state index >= 15 is 0 Å². The van der Waals surface area contributed by atoms with Crippen molar-refractivity contribution in [3.05, 3.63) is 60.2 Å². The van der Waals surface area contributed by atoms with E-state index < -0.39 is 23.8 Å². The minimum atomic E-state index is -5.20. The van der Waals surface area contributed by atoms with Crippen LogP contribution in [0.3, 0.4) is 0 Å². The second kappa shape index (κ2) is 8.64. The second-order valence-corrected chi connectivity index (χ2v) is 5.90. The molecule has 0 unspecified atom stereocenters. The zero-order chi connectivity index (χ0) is 20.8. The monoisotopic (exact) mass is 395 g/mol. The minimum absolute atomic E-state index is 0.0176. The molecular weight excluding hydrogens is 375 g/mol. The first-order chi connectivity index (χ1) is 13.2. The van der Waals surface area contributed by atoms with Crippen LogP contribution in [0.5, 0.6) is 0 Å². The number of aryl methyl sites for hydroxylation is 1. The predicted octanol–water partition coefficient (Wildman–Crippen LogP) is 4.05. The molecule has 0 fully saturated rings. The topological polar surface area (TPSA) is 79.5 Å². The summed E-state index contributed by atoms with van der Waals surface area (Å²) in [5.74, 6) is -1.67. The molecule has 0 radical (unpaired) electrons. The maximum absolute atomic E-state index is 14.0. The van der Waals surface area contributed by atoms with E-state index in [9.17, 15) is 22.8 Å². The molecule has 150 valence electrons. The number of carbonyl (C=O) groups is 2. The molecule has 0 aromatic heterocycles. The zero-order valence-electron chi connectivity index (χ0n) is 15.3. The van der Waals surface area contributed by atoms with Crippen LogP contribution < -0.4 is 16.0 Å². The summed E-state index contributed by atoms with van der Waals surface area (Å²) < 4.78 is 46.6. The summed E-state index contributed by atoms with van der Waals surface area (Å²) in [5.41, 5.74) is -2.42. The smallest absolute Gasteiger partial charge is 0.441 e. The van der Waals surface area contributed by atoms with Gasteiger partial charge in [-0.3, -0.25) is 5.32 Å². The van der Waals surface area contributed by atoms with Crippen molar-refractivity contribution in [3.8, 4) is 0 Å². The van der Waals surface area contributed by atoms with Crippen molar-refractivity contribution in [1.82, 2.24) is 5.32 Å². The van der Waals surface area contributed by atoms with Crippen LogP contribution in [-0.2, 0) is 9.53 Å². The van der Waals surface area contributed by atoms with Gasteiger partial charge in [0, 0.05) is 11.4 Å². The van der Waals surface area contributed by atoms with Crippen LogP contribution in [0, 0.1) is 6.92 Å². The van der Waals surface area contributed by atoms with Gasteiger partial charge in [0.1, 0.15) is 0 Å². The van der Waals surface area contributed by atoms with Gasteiger partial charge < -0.3 is 15.4 Å². The van der Waals surface area contributed by atoms with Crippen molar-refractivity contribution < 1.29 is 27.5 Å². The van der Waals surface area contributed by atoms with Crippen LogP contribution in [0.25, 0.3) is 0 Å².